The number of hydrogen-bond acceptors (Lipinski definition) is 8. The van der Waals surface area contributed by atoms with E-state index in [2.05, 4.69) is 43.0 Å². The molecule has 0 aromatic heterocycles. The van der Waals surface area contributed by atoms with Crippen molar-refractivity contribution in [3.63, 3.8) is 0 Å². The number of benzene rings is 2. The lowest BCUT2D eigenvalue weighted by atomic mass is 9.59. The summed E-state index contributed by atoms with van der Waals surface area (Å²) in [4.78, 5) is 43.6. The third-order valence-corrected chi connectivity index (χ3v) is 9.77. The fourth-order valence-corrected chi connectivity index (χ4v) is 7.79. The van der Waals surface area contributed by atoms with Gasteiger partial charge in [-0.2, -0.15) is 0 Å². The standard InChI is InChI=1S/C34H37N3O6/c1-16-8-9-17(2)37(16)15-18-6-5-7-19(12-18)21-10-11-24(38)26-22(21)13-20-14-23-27(31(40)25(20)30(26)39)32(41)28(34(35)43)33(42)29(23)36(3)4/h5-12,16-17,20,23,27,29,38-39,42H,13-15H2,1-4H3,(H2,35,43). The average molecular weight is 584 g/mol. The summed E-state index contributed by atoms with van der Waals surface area (Å²) < 4.78 is 0. The van der Waals surface area contributed by atoms with Crippen molar-refractivity contribution in [2.45, 2.75) is 51.4 Å². The first-order valence-electron chi connectivity index (χ1n) is 14.7. The van der Waals surface area contributed by atoms with Gasteiger partial charge in [0.25, 0.3) is 5.91 Å². The van der Waals surface area contributed by atoms with E-state index in [1.807, 2.05) is 18.2 Å². The fraction of sp³-hybridized carbons (Fsp3) is 0.382. The highest BCUT2D eigenvalue weighted by atomic mass is 16.3. The van der Waals surface area contributed by atoms with Crippen LogP contribution in [-0.2, 0) is 27.3 Å². The first-order valence-corrected chi connectivity index (χ1v) is 14.7. The number of fused-ring (bicyclic) bond motifs is 3. The largest absolute Gasteiger partial charge is 0.510 e. The number of phenolic OH excluding ortho intramolecular Hbond substituents is 1. The van der Waals surface area contributed by atoms with E-state index in [1.165, 1.54) is 6.07 Å². The van der Waals surface area contributed by atoms with E-state index in [4.69, 9.17) is 5.73 Å². The number of aliphatic hydroxyl groups is 2. The maximum Gasteiger partial charge on any atom is 0.255 e. The molecule has 4 aliphatic rings. The SMILES string of the molecule is CC1C=CC(C)N1Cc1cccc(-c2ccc(O)c3c2CC2CC4C(C(=O)C(C(N)=O)=C(O)C4N(C)C)C(=O)C2=C3O)c1. The molecule has 0 spiro atoms. The Bertz CT molecular complexity index is 1640. The fourth-order valence-electron chi connectivity index (χ4n) is 7.79. The molecule has 5 N–H and O–H groups in total. The molecular formula is C34H37N3O6. The third-order valence-electron chi connectivity index (χ3n) is 9.77. The summed E-state index contributed by atoms with van der Waals surface area (Å²) in [6.45, 7) is 5.12. The zero-order valence-electron chi connectivity index (χ0n) is 24.7. The lowest BCUT2D eigenvalue weighted by Gasteiger charge is -2.46. The van der Waals surface area contributed by atoms with E-state index >= 15 is 0 Å². The second-order valence-corrected chi connectivity index (χ2v) is 12.5. The number of carbonyl (C=O) groups excluding carboxylic acids is 3. The van der Waals surface area contributed by atoms with Gasteiger partial charge in [0.1, 0.15) is 22.8 Å². The molecule has 6 atom stereocenters. The number of phenols is 1. The van der Waals surface area contributed by atoms with Crippen LogP contribution in [0.25, 0.3) is 16.9 Å². The summed E-state index contributed by atoms with van der Waals surface area (Å²) in [6, 6.07) is 11.5. The van der Waals surface area contributed by atoms with Crippen molar-refractivity contribution in [2.75, 3.05) is 14.1 Å². The Kier molecular flexibility index (Phi) is 7.06. The molecule has 6 unspecified atom stereocenters. The van der Waals surface area contributed by atoms with E-state index in [1.54, 1.807) is 19.0 Å². The molecule has 43 heavy (non-hydrogen) atoms. The number of likely N-dealkylation sites (N-methyl/N-ethyl adjacent to an activating group) is 1. The number of rotatable bonds is 5. The molecule has 9 nitrogen and oxygen atoms in total. The highest BCUT2D eigenvalue weighted by Gasteiger charge is 2.55. The Labute approximate surface area is 250 Å². The van der Waals surface area contributed by atoms with E-state index in [0.717, 1.165) is 28.8 Å². The van der Waals surface area contributed by atoms with Crippen LogP contribution >= 0.6 is 0 Å². The van der Waals surface area contributed by atoms with Crippen molar-refractivity contribution in [3.05, 3.63) is 82.1 Å². The molecule has 0 radical (unpaired) electrons. The molecule has 2 aromatic rings. The second kappa shape index (κ2) is 10.5. The zero-order chi connectivity index (χ0) is 30.9. The van der Waals surface area contributed by atoms with Gasteiger partial charge < -0.3 is 21.1 Å². The van der Waals surface area contributed by atoms with Crippen LogP contribution < -0.4 is 5.73 Å². The molecule has 1 saturated carbocycles. The third kappa shape index (κ3) is 4.49. The van der Waals surface area contributed by atoms with Crippen molar-refractivity contribution in [1.82, 2.24) is 9.80 Å². The van der Waals surface area contributed by atoms with Crippen LogP contribution in [0.4, 0.5) is 0 Å². The van der Waals surface area contributed by atoms with Gasteiger partial charge in [-0.05, 0) is 87.0 Å². The maximum atomic E-state index is 14.0. The average Bonchev–Trinajstić information content (AvgIpc) is 3.24. The van der Waals surface area contributed by atoms with Gasteiger partial charge in [0, 0.05) is 24.2 Å². The Morgan fingerprint density at radius 3 is 2.37 bits per heavy atom. The van der Waals surface area contributed by atoms with Gasteiger partial charge in [0.05, 0.1) is 17.5 Å². The molecule has 224 valence electrons. The molecule has 3 aliphatic carbocycles. The molecule has 9 heteroatoms. The van der Waals surface area contributed by atoms with E-state index in [9.17, 15) is 29.7 Å². The normalized spacial score (nSPS) is 28.8. The predicted octanol–water partition coefficient (Wildman–Crippen LogP) is 3.66. The Morgan fingerprint density at radius 1 is 1.02 bits per heavy atom. The van der Waals surface area contributed by atoms with Crippen LogP contribution in [-0.4, -0.2) is 74.8 Å². The molecular weight excluding hydrogens is 546 g/mol. The van der Waals surface area contributed by atoms with Crippen molar-refractivity contribution < 1.29 is 29.7 Å². The molecule has 0 saturated heterocycles. The summed E-state index contributed by atoms with van der Waals surface area (Å²) in [5, 5.41) is 33.5. The Morgan fingerprint density at radius 2 is 1.72 bits per heavy atom. The first-order chi connectivity index (χ1) is 20.4. The molecule has 1 amide bonds. The van der Waals surface area contributed by atoms with E-state index in [0.29, 0.717) is 24.9 Å². The predicted molar refractivity (Wildman–Crippen MR) is 162 cm³/mol. The molecule has 1 heterocycles. The lowest BCUT2D eigenvalue weighted by molar-refractivity contribution is -0.136. The minimum atomic E-state index is -1.27. The minimum absolute atomic E-state index is 0.0792. The highest BCUT2D eigenvalue weighted by Crippen LogP contribution is 2.51. The van der Waals surface area contributed by atoms with Gasteiger partial charge in [-0.1, -0.05) is 36.4 Å². The van der Waals surface area contributed by atoms with Gasteiger partial charge in [-0.15, -0.1) is 0 Å². The number of aromatic hydroxyl groups is 1. The van der Waals surface area contributed by atoms with E-state index < -0.39 is 52.6 Å². The summed E-state index contributed by atoms with van der Waals surface area (Å²) in [5.74, 6) is -5.78. The van der Waals surface area contributed by atoms with Crippen LogP contribution in [0.3, 0.4) is 0 Å². The Hall–Kier alpha value is -4.21. The van der Waals surface area contributed by atoms with Gasteiger partial charge >= 0.3 is 0 Å². The van der Waals surface area contributed by atoms with Gasteiger partial charge in [0.2, 0.25) is 0 Å². The van der Waals surface area contributed by atoms with Crippen LogP contribution in [0, 0.1) is 17.8 Å². The van der Waals surface area contributed by atoms with Gasteiger partial charge in [-0.3, -0.25) is 24.2 Å². The van der Waals surface area contributed by atoms with Crippen molar-refractivity contribution in [3.8, 4) is 16.9 Å². The smallest absolute Gasteiger partial charge is 0.255 e. The molecule has 2 aromatic carbocycles. The number of allylic oxidation sites excluding steroid dienone is 1. The first kappa shape index (κ1) is 28.9. The van der Waals surface area contributed by atoms with Crippen LogP contribution in [0.2, 0.25) is 0 Å². The molecule has 6 rings (SSSR count). The van der Waals surface area contributed by atoms with Gasteiger partial charge in [-0.25, -0.2) is 0 Å². The van der Waals surface area contributed by atoms with Gasteiger partial charge in [0.15, 0.2) is 11.6 Å². The molecule has 0 bridgehead atoms. The number of hydrogen-bond donors (Lipinski definition) is 4. The molecule has 1 fully saturated rings. The number of ketones is 2. The quantitative estimate of drug-likeness (QED) is 0.237. The monoisotopic (exact) mass is 583 g/mol. The number of nitrogens with two attached hydrogens (primary N) is 1. The topological polar surface area (TPSA) is 144 Å². The second-order valence-electron chi connectivity index (χ2n) is 12.5. The number of amides is 1. The zero-order valence-corrected chi connectivity index (χ0v) is 24.7. The number of Topliss-reactive ketones (excluding diaryl/α,β-unsaturated/α-hetero) is 2. The number of nitrogens with zero attached hydrogens (tertiary/aromatic N) is 2. The Balaban J connectivity index is 1.42. The summed E-state index contributed by atoms with van der Waals surface area (Å²) in [7, 11) is 3.41. The van der Waals surface area contributed by atoms with Crippen molar-refractivity contribution in [2.24, 2.45) is 23.5 Å². The highest BCUT2D eigenvalue weighted by molar-refractivity contribution is 6.28. The maximum absolute atomic E-state index is 14.0. The van der Waals surface area contributed by atoms with Crippen molar-refractivity contribution in [1.29, 1.82) is 0 Å². The van der Waals surface area contributed by atoms with Crippen molar-refractivity contribution >= 4 is 23.2 Å². The lowest BCUT2D eigenvalue weighted by Crippen LogP contribution is -2.55. The number of carbonyl (C=O) groups is 3. The number of primary amides is 1. The summed E-state index contributed by atoms with van der Waals surface area (Å²) in [5.41, 5.74) is 8.79. The summed E-state index contributed by atoms with van der Waals surface area (Å²) >= 11 is 0. The van der Waals surface area contributed by atoms with Crippen LogP contribution in [0.15, 0.2) is 65.5 Å². The minimum Gasteiger partial charge on any atom is -0.510 e. The number of aliphatic hydroxyl groups excluding tert-OH is 2. The van der Waals surface area contributed by atoms with Crippen LogP contribution in [0.5, 0.6) is 5.75 Å². The van der Waals surface area contributed by atoms with E-state index in [-0.39, 0.29) is 22.6 Å². The van der Waals surface area contributed by atoms with Crippen LogP contribution in [0.1, 0.15) is 37.0 Å². The molecule has 1 aliphatic heterocycles. The summed E-state index contributed by atoms with van der Waals surface area (Å²) in [6.07, 6.45) is 5.08.